The number of allylic oxidation sites excluding steroid dienone is 1. The third kappa shape index (κ3) is 7.43. The molecule has 0 spiro atoms. The van der Waals surface area contributed by atoms with Crippen molar-refractivity contribution in [2.45, 2.75) is 13.0 Å². The monoisotopic (exact) mass is 612 g/mol. The Morgan fingerprint density at radius 2 is 1.78 bits per heavy atom. The van der Waals surface area contributed by atoms with Crippen molar-refractivity contribution in [2.75, 3.05) is 26.1 Å². The van der Waals surface area contributed by atoms with Gasteiger partial charge >= 0.3 is 0 Å². The Morgan fingerprint density at radius 3 is 2.44 bits per heavy atom. The van der Waals surface area contributed by atoms with E-state index in [2.05, 4.69) is 11.9 Å². The second kappa shape index (κ2) is 13.6. The lowest BCUT2D eigenvalue weighted by molar-refractivity contribution is -0.127. The molecule has 3 amide bonds. The van der Waals surface area contributed by atoms with Gasteiger partial charge in [-0.25, -0.2) is 0 Å². The van der Waals surface area contributed by atoms with Gasteiger partial charge in [0.15, 0.2) is 11.5 Å². The lowest BCUT2D eigenvalue weighted by Crippen LogP contribution is -2.36. The van der Waals surface area contributed by atoms with Gasteiger partial charge in [-0.15, -0.1) is 6.58 Å². The van der Waals surface area contributed by atoms with Gasteiger partial charge < -0.3 is 19.5 Å². The first kappa shape index (κ1) is 30.0. The fraction of sp³-hybridized carbons (Fsp3) is 0.167. The number of benzene rings is 3. The van der Waals surface area contributed by atoms with Crippen molar-refractivity contribution >= 4 is 63.8 Å². The molecule has 1 N–H and O–H groups in total. The van der Waals surface area contributed by atoms with E-state index in [1.54, 1.807) is 61.7 Å². The van der Waals surface area contributed by atoms with Crippen molar-refractivity contribution in [1.29, 1.82) is 0 Å². The van der Waals surface area contributed by atoms with E-state index in [9.17, 15) is 14.4 Å². The minimum absolute atomic E-state index is 0.184. The summed E-state index contributed by atoms with van der Waals surface area (Å²) in [5.74, 6) is 0.525. The number of carbonyl (C=O) groups is 3. The van der Waals surface area contributed by atoms with Gasteiger partial charge in [-0.3, -0.25) is 19.3 Å². The Balaban J connectivity index is 1.51. The van der Waals surface area contributed by atoms with Crippen molar-refractivity contribution in [3.8, 4) is 17.2 Å². The highest BCUT2D eigenvalue weighted by Gasteiger charge is 2.36. The van der Waals surface area contributed by atoms with Gasteiger partial charge in [0.05, 0.1) is 29.2 Å². The number of rotatable bonds is 11. The maximum absolute atomic E-state index is 13.1. The quantitative estimate of drug-likeness (QED) is 0.184. The number of ether oxygens (including phenoxy) is 3. The van der Waals surface area contributed by atoms with Gasteiger partial charge in [-0.05, 0) is 83.9 Å². The smallest absolute Gasteiger partial charge is 0.294 e. The minimum atomic E-state index is -0.561. The summed E-state index contributed by atoms with van der Waals surface area (Å²) in [6.07, 6.45) is 3.77. The molecule has 212 valence electrons. The van der Waals surface area contributed by atoms with Crippen LogP contribution in [0, 0.1) is 0 Å². The fourth-order valence-electron chi connectivity index (χ4n) is 3.98. The molecule has 0 aliphatic carbocycles. The number of amides is 3. The molecule has 3 aromatic carbocycles. The number of anilines is 1. The Bertz CT molecular complexity index is 1520. The predicted molar refractivity (Wildman–Crippen MR) is 162 cm³/mol. The molecule has 1 aliphatic rings. The number of methoxy groups -OCH3 is 2. The molecule has 11 heteroatoms. The minimum Gasteiger partial charge on any atom is -0.497 e. The van der Waals surface area contributed by atoms with Gasteiger partial charge in [0.1, 0.15) is 18.9 Å². The molecule has 0 bridgehead atoms. The first-order chi connectivity index (χ1) is 19.7. The van der Waals surface area contributed by atoms with Crippen LogP contribution in [-0.2, 0) is 22.6 Å². The van der Waals surface area contributed by atoms with E-state index in [0.29, 0.717) is 45.0 Å². The molecule has 1 heterocycles. The maximum atomic E-state index is 13.1. The largest absolute Gasteiger partial charge is 0.497 e. The lowest BCUT2D eigenvalue weighted by Gasteiger charge is -2.16. The highest BCUT2D eigenvalue weighted by atomic mass is 35.5. The van der Waals surface area contributed by atoms with Crippen LogP contribution in [-0.4, -0.2) is 42.7 Å². The van der Waals surface area contributed by atoms with Crippen LogP contribution in [0.1, 0.15) is 16.7 Å². The van der Waals surface area contributed by atoms with Gasteiger partial charge in [-0.1, -0.05) is 35.3 Å². The number of imide groups is 1. The molecule has 0 atom stereocenters. The van der Waals surface area contributed by atoms with Gasteiger partial charge in [-0.2, -0.15) is 0 Å². The number of hydrogen-bond acceptors (Lipinski definition) is 7. The van der Waals surface area contributed by atoms with E-state index in [4.69, 9.17) is 37.4 Å². The van der Waals surface area contributed by atoms with Crippen LogP contribution in [0.4, 0.5) is 10.5 Å². The lowest BCUT2D eigenvalue weighted by atomic mass is 10.0. The summed E-state index contributed by atoms with van der Waals surface area (Å²) < 4.78 is 16.8. The molecule has 0 aromatic heterocycles. The summed E-state index contributed by atoms with van der Waals surface area (Å²) >= 11 is 12.9. The third-order valence-corrected chi connectivity index (χ3v) is 7.60. The first-order valence-corrected chi connectivity index (χ1v) is 13.9. The zero-order chi connectivity index (χ0) is 29.5. The van der Waals surface area contributed by atoms with Crippen LogP contribution < -0.4 is 19.5 Å². The SMILES string of the molecule is C=CCc1cc(/C=C2/SC(=O)N(CC(=O)Nc3ccc(OC)cc3)C2=O)cc(OC)c1OCc1ccc(Cl)c(Cl)c1. The van der Waals surface area contributed by atoms with Crippen LogP contribution in [0.15, 0.2) is 72.2 Å². The second-order valence-electron chi connectivity index (χ2n) is 8.79. The molecular weight excluding hydrogens is 587 g/mol. The highest BCUT2D eigenvalue weighted by molar-refractivity contribution is 8.18. The Kier molecular flexibility index (Phi) is 9.99. The summed E-state index contributed by atoms with van der Waals surface area (Å²) in [6.45, 7) is 3.63. The molecule has 0 unspecified atom stereocenters. The zero-order valence-corrected chi connectivity index (χ0v) is 24.6. The fourth-order valence-corrected chi connectivity index (χ4v) is 5.14. The standard InChI is InChI=1S/C30H26Cl2N2O6S/c1-4-5-20-12-19(14-25(39-3)28(20)40-17-18-6-11-23(31)24(32)13-18)15-26-29(36)34(30(37)41-26)16-27(35)33-21-7-9-22(38-2)10-8-21/h4,6-15H,1,5,16-17H2,2-3H3,(H,33,35)/b26-15+. The molecule has 3 aromatic rings. The van der Waals surface area contributed by atoms with Crippen molar-refractivity contribution in [1.82, 2.24) is 4.90 Å². The molecule has 1 aliphatic heterocycles. The number of thioether (sulfide) groups is 1. The van der Waals surface area contributed by atoms with Crippen LogP contribution >= 0.6 is 35.0 Å². The molecule has 8 nitrogen and oxygen atoms in total. The van der Waals surface area contributed by atoms with E-state index in [-0.39, 0.29) is 11.5 Å². The second-order valence-corrected chi connectivity index (χ2v) is 10.6. The zero-order valence-electron chi connectivity index (χ0n) is 22.2. The van der Waals surface area contributed by atoms with Crippen molar-refractivity contribution in [3.05, 3.63) is 98.9 Å². The molecular formula is C30H26Cl2N2O6S. The van der Waals surface area contributed by atoms with Gasteiger partial charge in [0, 0.05) is 11.3 Å². The third-order valence-electron chi connectivity index (χ3n) is 5.95. The summed E-state index contributed by atoms with van der Waals surface area (Å²) in [6, 6.07) is 15.5. The summed E-state index contributed by atoms with van der Waals surface area (Å²) in [5.41, 5.74) is 2.72. The molecule has 0 saturated carbocycles. The van der Waals surface area contributed by atoms with E-state index in [1.165, 1.54) is 7.11 Å². The number of halogens is 2. The van der Waals surface area contributed by atoms with E-state index in [0.717, 1.165) is 27.8 Å². The first-order valence-electron chi connectivity index (χ1n) is 12.3. The van der Waals surface area contributed by atoms with E-state index >= 15 is 0 Å². The van der Waals surface area contributed by atoms with Crippen LogP contribution in [0.2, 0.25) is 10.0 Å². The predicted octanol–water partition coefficient (Wildman–Crippen LogP) is 6.99. The van der Waals surface area contributed by atoms with Crippen LogP contribution in [0.25, 0.3) is 6.08 Å². The Labute approximate surface area is 251 Å². The molecule has 0 radical (unpaired) electrons. The normalized spacial score (nSPS) is 13.9. The maximum Gasteiger partial charge on any atom is 0.294 e. The molecule has 4 rings (SSSR count). The summed E-state index contributed by atoms with van der Waals surface area (Å²) in [5, 5.41) is 3.01. The number of carbonyl (C=O) groups excluding carboxylic acids is 3. The van der Waals surface area contributed by atoms with Crippen molar-refractivity contribution in [2.24, 2.45) is 0 Å². The summed E-state index contributed by atoms with van der Waals surface area (Å²) in [7, 11) is 3.05. The average molecular weight is 614 g/mol. The number of hydrogen-bond donors (Lipinski definition) is 1. The topological polar surface area (TPSA) is 94.2 Å². The Hall–Kier alpha value is -3.92. The van der Waals surface area contributed by atoms with Gasteiger partial charge in [0.25, 0.3) is 11.1 Å². The van der Waals surface area contributed by atoms with E-state index in [1.807, 2.05) is 12.1 Å². The van der Waals surface area contributed by atoms with Crippen LogP contribution in [0.3, 0.4) is 0 Å². The Morgan fingerprint density at radius 1 is 1.02 bits per heavy atom. The number of nitrogens with one attached hydrogen (secondary N) is 1. The molecule has 41 heavy (non-hydrogen) atoms. The van der Waals surface area contributed by atoms with Crippen LogP contribution in [0.5, 0.6) is 17.2 Å². The molecule has 1 fully saturated rings. The molecule has 1 saturated heterocycles. The summed E-state index contributed by atoms with van der Waals surface area (Å²) in [4.78, 5) is 39.3. The van der Waals surface area contributed by atoms with E-state index < -0.39 is 23.6 Å². The number of nitrogens with zero attached hydrogens (tertiary/aromatic N) is 1. The van der Waals surface area contributed by atoms with Gasteiger partial charge in [0.2, 0.25) is 5.91 Å². The highest BCUT2D eigenvalue weighted by Crippen LogP contribution is 2.38. The average Bonchev–Trinajstić information content (AvgIpc) is 3.21. The van der Waals surface area contributed by atoms with Crippen molar-refractivity contribution < 1.29 is 28.6 Å². The van der Waals surface area contributed by atoms with Crippen molar-refractivity contribution in [3.63, 3.8) is 0 Å².